The van der Waals surface area contributed by atoms with Crippen LogP contribution in [0.5, 0.6) is 11.5 Å². The third-order valence-corrected chi connectivity index (χ3v) is 4.77. The van der Waals surface area contributed by atoms with Crippen LogP contribution >= 0.6 is 0 Å². The molecule has 0 bridgehead atoms. The number of nitrogens with one attached hydrogen (secondary N) is 1. The van der Waals surface area contributed by atoms with E-state index in [0.717, 1.165) is 10.5 Å². The number of carbonyl (C=O) groups is 3. The predicted octanol–water partition coefficient (Wildman–Crippen LogP) is 2.01. The van der Waals surface area contributed by atoms with Crippen LogP contribution in [-0.2, 0) is 20.9 Å². The van der Waals surface area contributed by atoms with Crippen LogP contribution in [0.15, 0.2) is 42.5 Å². The lowest BCUT2D eigenvalue weighted by atomic mass is 10.1. The number of benzene rings is 2. The number of esters is 1. The van der Waals surface area contributed by atoms with Gasteiger partial charge in [-0.05, 0) is 48.9 Å². The highest BCUT2D eigenvalue weighted by molar-refractivity contribution is 6.22. The van der Waals surface area contributed by atoms with Gasteiger partial charge in [-0.15, -0.1) is 0 Å². The second kappa shape index (κ2) is 7.92. The number of nitrogens with zero attached hydrogens (tertiary/aromatic N) is 1. The molecular weight excluding hydrogens is 376 g/mol. The fourth-order valence-electron chi connectivity index (χ4n) is 3.32. The Balaban J connectivity index is 1.41. The molecule has 0 radical (unpaired) electrons. The second-order valence-corrected chi connectivity index (χ2v) is 6.66. The largest absolute Gasteiger partial charge is 0.462 e. The Morgan fingerprint density at radius 2 is 1.90 bits per heavy atom. The van der Waals surface area contributed by atoms with Gasteiger partial charge in [0.15, 0.2) is 11.5 Å². The minimum atomic E-state index is -0.613. The molecule has 1 saturated heterocycles. The van der Waals surface area contributed by atoms with Crippen molar-refractivity contribution in [3.8, 4) is 11.5 Å². The van der Waals surface area contributed by atoms with E-state index in [2.05, 4.69) is 5.32 Å². The monoisotopic (exact) mass is 396 g/mol. The van der Waals surface area contributed by atoms with Gasteiger partial charge in [0.2, 0.25) is 12.7 Å². The zero-order valence-electron chi connectivity index (χ0n) is 15.8. The number of carbonyl (C=O) groups excluding carboxylic acids is 3. The molecule has 1 atom stereocenters. The molecule has 0 spiro atoms. The Hall–Kier alpha value is -3.39. The molecule has 2 aromatic carbocycles. The zero-order valence-corrected chi connectivity index (χ0v) is 15.8. The van der Waals surface area contributed by atoms with Crippen molar-refractivity contribution in [2.45, 2.75) is 25.9 Å². The van der Waals surface area contributed by atoms with E-state index in [1.165, 1.54) is 0 Å². The lowest BCUT2D eigenvalue weighted by Crippen LogP contribution is -2.38. The normalized spacial score (nSPS) is 17.7. The van der Waals surface area contributed by atoms with Gasteiger partial charge in [0.05, 0.1) is 30.3 Å². The van der Waals surface area contributed by atoms with Crippen molar-refractivity contribution in [2.24, 2.45) is 0 Å². The Morgan fingerprint density at radius 1 is 1.14 bits per heavy atom. The van der Waals surface area contributed by atoms with Gasteiger partial charge in [-0.2, -0.15) is 0 Å². The average molecular weight is 396 g/mol. The highest BCUT2D eigenvalue weighted by Gasteiger charge is 2.39. The third kappa shape index (κ3) is 3.79. The summed E-state index contributed by atoms with van der Waals surface area (Å²) in [6.07, 6.45) is 0.0724. The van der Waals surface area contributed by atoms with Crippen molar-refractivity contribution in [1.82, 2.24) is 5.32 Å². The fourth-order valence-corrected chi connectivity index (χ4v) is 3.32. The number of ether oxygens (including phenoxy) is 3. The number of hydrogen-bond acceptors (Lipinski definition) is 7. The maximum atomic E-state index is 12.8. The average Bonchev–Trinajstić information content (AvgIpc) is 3.30. The molecule has 4 rings (SSSR count). The van der Waals surface area contributed by atoms with Gasteiger partial charge in [-0.3, -0.25) is 9.59 Å². The van der Waals surface area contributed by atoms with Crippen LogP contribution in [0.4, 0.5) is 5.69 Å². The van der Waals surface area contributed by atoms with Crippen LogP contribution in [0.3, 0.4) is 0 Å². The lowest BCUT2D eigenvalue weighted by Gasteiger charge is -2.16. The van der Waals surface area contributed by atoms with E-state index < -0.39 is 12.0 Å². The van der Waals surface area contributed by atoms with Gasteiger partial charge < -0.3 is 19.5 Å². The smallest absolute Gasteiger partial charge is 0.338 e. The first-order valence-electron chi connectivity index (χ1n) is 9.32. The van der Waals surface area contributed by atoms with Crippen LogP contribution < -0.4 is 19.7 Å². The molecule has 2 amide bonds. The van der Waals surface area contributed by atoms with Gasteiger partial charge >= 0.3 is 5.97 Å². The predicted molar refractivity (Wildman–Crippen MR) is 103 cm³/mol. The number of imide groups is 1. The Labute approximate surface area is 167 Å². The molecule has 0 aliphatic carbocycles. The Bertz CT molecular complexity index is 956. The van der Waals surface area contributed by atoms with Crippen molar-refractivity contribution >= 4 is 23.5 Å². The SMILES string of the molecule is CCOC(=O)c1ccc(N2C(=O)CC(NCc3ccc4c(c3)OCO4)C2=O)cc1. The van der Waals surface area contributed by atoms with Crippen molar-refractivity contribution in [1.29, 1.82) is 0 Å². The van der Waals surface area contributed by atoms with Gasteiger partial charge in [0.1, 0.15) is 0 Å². The zero-order chi connectivity index (χ0) is 20.4. The third-order valence-electron chi connectivity index (χ3n) is 4.77. The van der Waals surface area contributed by atoms with E-state index in [4.69, 9.17) is 14.2 Å². The first kappa shape index (κ1) is 18.9. The van der Waals surface area contributed by atoms with Crippen LogP contribution in [-0.4, -0.2) is 37.2 Å². The molecule has 2 heterocycles. The van der Waals surface area contributed by atoms with Crippen molar-refractivity contribution in [3.05, 3.63) is 53.6 Å². The van der Waals surface area contributed by atoms with E-state index in [-0.39, 0.29) is 31.6 Å². The van der Waals surface area contributed by atoms with Crippen LogP contribution in [0, 0.1) is 0 Å². The highest BCUT2D eigenvalue weighted by atomic mass is 16.7. The van der Waals surface area contributed by atoms with E-state index in [0.29, 0.717) is 29.3 Å². The molecule has 8 heteroatoms. The number of fused-ring (bicyclic) bond motifs is 1. The molecule has 29 heavy (non-hydrogen) atoms. The fraction of sp³-hybridized carbons (Fsp3) is 0.286. The molecule has 2 aliphatic heterocycles. The molecule has 2 aromatic rings. The number of anilines is 1. The molecule has 2 aliphatic rings. The molecule has 150 valence electrons. The summed E-state index contributed by atoms with van der Waals surface area (Å²) in [5.41, 5.74) is 1.72. The summed E-state index contributed by atoms with van der Waals surface area (Å²) >= 11 is 0. The second-order valence-electron chi connectivity index (χ2n) is 6.66. The molecule has 0 aromatic heterocycles. The first-order valence-corrected chi connectivity index (χ1v) is 9.32. The summed E-state index contributed by atoms with van der Waals surface area (Å²) in [5, 5.41) is 3.13. The van der Waals surface area contributed by atoms with Gasteiger partial charge in [-0.1, -0.05) is 6.07 Å². The quantitative estimate of drug-likeness (QED) is 0.590. The van der Waals surface area contributed by atoms with Crippen molar-refractivity contribution in [3.63, 3.8) is 0 Å². The summed E-state index contributed by atoms with van der Waals surface area (Å²) < 4.78 is 15.6. The standard InChI is InChI=1S/C21H20N2O6/c1-2-27-21(26)14-4-6-15(7-5-14)23-19(24)10-16(20(23)25)22-11-13-3-8-17-18(9-13)29-12-28-17/h3-9,16,22H,2,10-12H2,1H3. The molecule has 1 unspecified atom stereocenters. The highest BCUT2D eigenvalue weighted by Crippen LogP contribution is 2.32. The van der Waals surface area contributed by atoms with E-state index >= 15 is 0 Å². The number of amides is 2. The van der Waals surface area contributed by atoms with E-state index in [9.17, 15) is 14.4 Å². The topological polar surface area (TPSA) is 94.2 Å². The van der Waals surface area contributed by atoms with Crippen LogP contribution in [0.25, 0.3) is 0 Å². The molecule has 8 nitrogen and oxygen atoms in total. The maximum absolute atomic E-state index is 12.8. The van der Waals surface area contributed by atoms with Crippen molar-refractivity contribution < 1.29 is 28.6 Å². The maximum Gasteiger partial charge on any atom is 0.338 e. The lowest BCUT2D eigenvalue weighted by molar-refractivity contribution is -0.121. The van der Waals surface area contributed by atoms with Crippen LogP contribution in [0.1, 0.15) is 29.3 Å². The van der Waals surface area contributed by atoms with E-state index in [1.807, 2.05) is 18.2 Å². The van der Waals surface area contributed by atoms with Gasteiger partial charge in [0.25, 0.3) is 5.91 Å². The number of hydrogen-bond donors (Lipinski definition) is 1. The first-order chi connectivity index (χ1) is 14.1. The Kier molecular flexibility index (Phi) is 5.18. The minimum absolute atomic E-state index is 0.0724. The van der Waals surface area contributed by atoms with Gasteiger partial charge in [-0.25, -0.2) is 9.69 Å². The summed E-state index contributed by atoms with van der Waals surface area (Å²) in [6, 6.07) is 11.2. The number of rotatable bonds is 6. The summed E-state index contributed by atoms with van der Waals surface area (Å²) in [6.45, 7) is 2.62. The minimum Gasteiger partial charge on any atom is -0.462 e. The summed E-state index contributed by atoms with van der Waals surface area (Å²) in [7, 11) is 0. The summed E-state index contributed by atoms with van der Waals surface area (Å²) in [5.74, 6) is 0.308. The van der Waals surface area contributed by atoms with Crippen molar-refractivity contribution in [2.75, 3.05) is 18.3 Å². The van der Waals surface area contributed by atoms with Gasteiger partial charge in [0, 0.05) is 6.54 Å². The molecular formula is C21H20N2O6. The Morgan fingerprint density at radius 3 is 2.66 bits per heavy atom. The molecule has 1 N–H and O–H groups in total. The molecule has 0 saturated carbocycles. The molecule has 1 fully saturated rings. The van der Waals surface area contributed by atoms with E-state index in [1.54, 1.807) is 31.2 Å². The summed E-state index contributed by atoms with van der Waals surface area (Å²) in [4.78, 5) is 38.1. The van der Waals surface area contributed by atoms with Crippen LogP contribution in [0.2, 0.25) is 0 Å².